The molecule has 7 heteroatoms. The van der Waals surface area contributed by atoms with Crippen LogP contribution in [0.25, 0.3) is 16.2 Å². The monoisotopic (exact) mass is 394 g/mol. The Hall–Kier alpha value is -1.86. The van der Waals surface area contributed by atoms with E-state index in [4.69, 9.17) is 9.47 Å². The molecular formula is C16H15BrN2O3S. The van der Waals surface area contributed by atoms with Crippen molar-refractivity contribution >= 4 is 38.5 Å². The van der Waals surface area contributed by atoms with Crippen molar-refractivity contribution in [3.63, 3.8) is 0 Å². The highest BCUT2D eigenvalue weighted by Crippen LogP contribution is 2.40. The molecule has 0 saturated carbocycles. The summed E-state index contributed by atoms with van der Waals surface area (Å²) in [6.45, 7) is 4.91. The first-order valence-corrected chi connectivity index (χ1v) is 8.87. The first-order chi connectivity index (χ1) is 11.2. The Balaban J connectivity index is 2.21. The van der Waals surface area contributed by atoms with Gasteiger partial charge in [0.2, 0.25) is 0 Å². The number of halogens is 1. The summed E-state index contributed by atoms with van der Waals surface area (Å²) < 4.78 is 13.9. The second-order valence-electron chi connectivity index (χ2n) is 4.66. The number of carbonyl (C=O) groups is 1. The summed E-state index contributed by atoms with van der Waals surface area (Å²) in [5, 5.41) is 1.90. The van der Waals surface area contributed by atoms with Gasteiger partial charge in [0.25, 0.3) is 0 Å². The van der Waals surface area contributed by atoms with Gasteiger partial charge in [0.1, 0.15) is 22.9 Å². The van der Waals surface area contributed by atoms with Crippen LogP contribution in [-0.2, 0) is 0 Å². The Morgan fingerprint density at radius 2 is 2.00 bits per heavy atom. The van der Waals surface area contributed by atoms with E-state index in [-0.39, 0.29) is 0 Å². The SMILES string of the molecule is CCOc1cc(OCC)c(-c2nc3sccn3c2C=O)cc1Br. The van der Waals surface area contributed by atoms with Crippen LogP contribution >= 0.6 is 27.3 Å². The van der Waals surface area contributed by atoms with Gasteiger partial charge in [-0.2, -0.15) is 0 Å². The number of ether oxygens (including phenoxy) is 2. The van der Waals surface area contributed by atoms with E-state index >= 15 is 0 Å². The van der Waals surface area contributed by atoms with Gasteiger partial charge in [-0.3, -0.25) is 9.20 Å². The smallest absolute Gasteiger partial charge is 0.194 e. The van der Waals surface area contributed by atoms with Gasteiger partial charge in [0.05, 0.1) is 17.7 Å². The van der Waals surface area contributed by atoms with E-state index in [1.807, 2.05) is 37.6 Å². The molecule has 0 saturated heterocycles. The van der Waals surface area contributed by atoms with Crippen molar-refractivity contribution in [2.75, 3.05) is 13.2 Å². The topological polar surface area (TPSA) is 52.8 Å². The summed E-state index contributed by atoms with van der Waals surface area (Å²) in [7, 11) is 0. The van der Waals surface area contributed by atoms with Crippen LogP contribution in [0.4, 0.5) is 0 Å². The zero-order chi connectivity index (χ0) is 16.4. The molecule has 2 aromatic heterocycles. The maximum absolute atomic E-state index is 11.6. The van der Waals surface area contributed by atoms with E-state index in [9.17, 15) is 4.79 Å². The van der Waals surface area contributed by atoms with E-state index in [1.165, 1.54) is 11.3 Å². The van der Waals surface area contributed by atoms with Gasteiger partial charge in [-0.05, 0) is 35.8 Å². The molecule has 0 bridgehead atoms. The fourth-order valence-electron chi connectivity index (χ4n) is 2.37. The van der Waals surface area contributed by atoms with E-state index in [0.29, 0.717) is 36.1 Å². The largest absolute Gasteiger partial charge is 0.493 e. The van der Waals surface area contributed by atoms with E-state index in [0.717, 1.165) is 21.3 Å². The van der Waals surface area contributed by atoms with E-state index < -0.39 is 0 Å². The van der Waals surface area contributed by atoms with Crippen molar-refractivity contribution < 1.29 is 14.3 Å². The molecule has 0 unspecified atom stereocenters. The highest BCUT2D eigenvalue weighted by molar-refractivity contribution is 9.10. The number of imidazole rings is 1. The number of fused-ring (bicyclic) bond motifs is 1. The molecule has 23 heavy (non-hydrogen) atoms. The normalized spacial score (nSPS) is 10.9. The minimum Gasteiger partial charge on any atom is -0.493 e. The van der Waals surface area contributed by atoms with Gasteiger partial charge in [0, 0.05) is 23.2 Å². The van der Waals surface area contributed by atoms with Crippen LogP contribution in [0.1, 0.15) is 24.3 Å². The molecule has 0 fully saturated rings. The lowest BCUT2D eigenvalue weighted by molar-refractivity contribution is 0.111. The average molecular weight is 395 g/mol. The summed E-state index contributed by atoms with van der Waals surface area (Å²) in [5.41, 5.74) is 1.89. The fourth-order valence-corrected chi connectivity index (χ4v) is 3.55. The summed E-state index contributed by atoms with van der Waals surface area (Å²) in [5.74, 6) is 1.35. The Morgan fingerprint density at radius 3 is 2.70 bits per heavy atom. The molecule has 0 spiro atoms. The molecule has 5 nitrogen and oxygen atoms in total. The summed E-state index contributed by atoms with van der Waals surface area (Å²) in [6.07, 6.45) is 2.66. The van der Waals surface area contributed by atoms with Crippen molar-refractivity contribution in [1.29, 1.82) is 0 Å². The van der Waals surface area contributed by atoms with Crippen molar-refractivity contribution in [3.8, 4) is 22.8 Å². The van der Waals surface area contributed by atoms with Gasteiger partial charge in [-0.15, -0.1) is 11.3 Å². The zero-order valence-corrected chi connectivity index (χ0v) is 15.1. The maximum atomic E-state index is 11.6. The van der Waals surface area contributed by atoms with Crippen molar-refractivity contribution in [1.82, 2.24) is 9.38 Å². The lowest BCUT2D eigenvalue weighted by atomic mass is 10.1. The predicted octanol–water partition coefficient (Wildman–Crippen LogP) is 4.44. The number of hydrogen-bond acceptors (Lipinski definition) is 5. The summed E-state index contributed by atoms with van der Waals surface area (Å²) >= 11 is 4.99. The van der Waals surface area contributed by atoms with Crippen LogP contribution in [0.2, 0.25) is 0 Å². The van der Waals surface area contributed by atoms with Crippen LogP contribution in [0.5, 0.6) is 11.5 Å². The van der Waals surface area contributed by atoms with Crippen molar-refractivity contribution in [2.45, 2.75) is 13.8 Å². The quantitative estimate of drug-likeness (QED) is 0.580. The number of rotatable bonds is 6. The molecule has 1 aromatic carbocycles. The van der Waals surface area contributed by atoms with Gasteiger partial charge in [-0.1, -0.05) is 0 Å². The minimum atomic E-state index is 0.512. The zero-order valence-electron chi connectivity index (χ0n) is 12.7. The van der Waals surface area contributed by atoms with Crippen LogP contribution in [0.3, 0.4) is 0 Å². The Bertz CT molecular complexity index is 856. The Morgan fingerprint density at radius 1 is 1.26 bits per heavy atom. The fraction of sp³-hybridized carbons (Fsp3) is 0.250. The molecule has 0 aliphatic carbocycles. The first kappa shape index (κ1) is 16.0. The highest BCUT2D eigenvalue weighted by atomic mass is 79.9. The lowest BCUT2D eigenvalue weighted by Crippen LogP contribution is -1.99. The second kappa shape index (κ2) is 6.72. The second-order valence-corrected chi connectivity index (χ2v) is 6.39. The van der Waals surface area contributed by atoms with Gasteiger partial charge >= 0.3 is 0 Å². The molecule has 3 aromatic rings. The molecule has 0 atom stereocenters. The Labute approximate surface area is 146 Å². The number of thiazole rings is 1. The third-order valence-electron chi connectivity index (χ3n) is 3.30. The van der Waals surface area contributed by atoms with Crippen LogP contribution < -0.4 is 9.47 Å². The number of carbonyl (C=O) groups excluding carboxylic acids is 1. The third-order valence-corrected chi connectivity index (χ3v) is 4.68. The van der Waals surface area contributed by atoms with Gasteiger partial charge < -0.3 is 9.47 Å². The van der Waals surface area contributed by atoms with E-state index in [1.54, 1.807) is 4.40 Å². The Kier molecular flexibility index (Phi) is 4.68. The van der Waals surface area contributed by atoms with Crippen LogP contribution in [0, 0.1) is 0 Å². The molecule has 0 aliphatic heterocycles. The number of hydrogen-bond donors (Lipinski definition) is 0. The number of nitrogens with zero attached hydrogens (tertiary/aromatic N) is 2. The van der Waals surface area contributed by atoms with Crippen molar-refractivity contribution in [3.05, 3.63) is 33.9 Å². The van der Waals surface area contributed by atoms with Crippen LogP contribution in [-0.4, -0.2) is 28.9 Å². The predicted molar refractivity (Wildman–Crippen MR) is 93.9 cm³/mol. The standard InChI is InChI=1S/C16H15BrN2O3S/c1-3-21-13-8-14(22-4-2)11(17)7-10(13)15-12(9-20)19-5-6-23-16(19)18-15/h5-9H,3-4H2,1-2H3. The summed E-state index contributed by atoms with van der Waals surface area (Å²) in [4.78, 5) is 16.9. The first-order valence-electron chi connectivity index (χ1n) is 7.19. The number of aldehydes is 1. The molecule has 120 valence electrons. The number of benzene rings is 1. The number of aromatic nitrogens is 2. The minimum absolute atomic E-state index is 0.512. The van der Waals surface area contributed by atoms with Crippen molar-refractivity contribution in [2.24, 2.45) is 0 Å². The van der Waals surface area contributed by atoms with Gasteiger partial charge in [0.15, 0.2) is 11.2 Å². The molecular weight excluding hydrogens is 380 g/mol. The molecule has 2 heterocycles. The van der Waals surface area contributed by atoms with Crippen LogP contribution in [0.15, 0.2) is 28.2 Å². The highest BCUT2D eigenvalue weighted by Gasteiger charge is 2.20. The maximum Gasteiger partial charge on any atom is 0.194 e. The molecule has 0 aliphatic rings. The molecule has 0 amide bonds. The summed E-state index contributed by atoms with van der Waals surface area (Å²) in [6, 6.07) is 3.71. The molecule has 0 N–H and O–H groups in total. The molecule has 0 radical (unpaired) electrons. The average Bonchev–Trinajstić information content (AvgIpc) is 3.11. The third kappa shape index (κ3) is 2.86. The van der Waals surface area contributed by atoms with Gasteiger partial charge in [-0.25, -0.2) is 4.98 Å². The molecule has 3 rings (SSSR count). The lowest BCUT2D eigenvalue weighted by Gasteiger charge is -2.13. The van der Waals surface area contributed by atoms with E-state index in [2.05, 4.69) is 20.9 Å².